The van der Waals surface area contributed by atoms with E-state index < -0.39 is 5.97 Å². The lowest BCUT2D eigenvalue weighted by Gasteiger charge is -2.38. The maximum Gasteiger partial charge on any atom is 0.335 e. The molecule has 1 aliphatic heterocycles. The zero-order valence-electron chi connectivity index (χ0n) is 14.5. The first kappa shape index (κ1) is 16.6. The Morgan fingerprint density at radius 3 is 2.67 bits per heavy atom. The third kappa shape index (κ3) is 2.67. The second-order valence-corrected chi connectivity index (χ2v) is 8.24. The highest BCUT2D eigenvalue weighted by atomic mass is 79.9. The van der Waals surface area contributed by atoms with Gasteiger partial charge in [0.25, 0.3) is 0 Å². The van der Waals surface area contributed by atoms with E-state index in [1.165, 1.54) is 16.7 Å². The van der Waals surface area contributed by atoms with Gasteiger partial charge in [0, 0.05) is 16.1 Å². The van der Waals surface area contributed by atoms with E-state index in [0.717, 1.165) is 22.1 Å². The molecule has 1 aliphatic carbocycles. The van der Waals surface area contributed by atoms with Crippen molar-refractivity contribution in [3.63, 3.8) is 0 Å². The molecule has 3 aromatic carbocycles. The molecule has 27 heavy (non-hydrogen) atoms. The molecular weight excluding hydrogens is 402 g/mol. The van der Waals surface area contributed by atoms with Crippen LogP contribution in [0.1, 0.15) is 44.6 Å². The highest BCUT2D eigenvalue weighted by molar-refractivity contribution is 9.10. The molecule has 3 atom stereocenters. The quantitative estimate of drug-likeness (QED) is 0.566. The Morgan fingerprint density at radius 2 is 1.85 bits per heavy atom. The highest BCUT2D eigenvalue weighted by Crippen LogP contribution is 2.54. The van der Waals surface area contributed by atoms with Crippen LogP contribution in [0.15, 0.2) is 71.2 Å². The molecule has 2 aliphatic rings. The van der Waals surface area contributed by atoms with Crippen LogP contribution in [0.5, 0.6) is 0 Å². The van der Waals surface area contributed by atoms with E-state index in [-0.39, 0.29) is 12.0 Å². The Labute approximate surface area is 166 Å². The van der Waals surface area contributed by atoms with Crippen LogP contribution in [0.3, 0.4) is 0 Å². The van der Waals surface area contributed by atoms with Crippen LogP contribution in [0.25, 0.3) is 0 Å². The van der Waals surface area contributed by atoms with E-state index in [4.69, 9.17) is 0 Å². The van der Waals surface area contributed by atoms with Crippen LogP contribution in [0, 0.1) is 5.92 Å². The molecule has 0 bridgehead atoms. The van der Waals surface area contributed by atoms with Crippen LogP contribution in [-0.2, 0) is 6.42 Å². The topological polar surface area (TPSA) is 49.3 Å². The molecule has 0 saturated heterocycles. The second-order valence-electron chi connectivity index (χ2n) is 7.33. The molecule has 0 radical (unpaired) electrons. The predicted octanol–water partition coefficient (Wildman–Crippen LogP) is 5.62. The molecule has 1 heterocycles. The molecule has 0 saturated carbocycles. The average molecular weight is 420 g/mol. The first-order chi connectivity index (χ1) is 13.1. The number of aromatic carboxylic acids is 1. The summed E-state index contributed by atoms with van der Waals surface area (Å²) in [4.78, 5) is 11.5. The number of carboxylic acid groups (broad SMARTS) is 1. The van der Waals surface area contributed by atoms with Gasteiger partial charge in [-0.15, -0.1) is 0 Å². The van der Waals surface area contributed by atoms with Gasteiger partial charge in [-0.2, -0.15) is 0 Å². The summed E-state index contributed by atoms with van der Waals surface area (Å²) >= 11 is 3.59. The maximum absolute atomic E-state index is 11.5. The molecular formula is C23H18BrNO2. The third-order valence-electron chi connectivity index (χ3n) is 5.85. The van der Waals surface area contributed by atoms with E-state index in [9.17, 15) is 9.90 Å². The van der Waals surface area contributed by atoms with Crippen LogP contribution in [0.4, 0.5) is 5.69 Å². The number of hydrogen-bond acceptors (Lipinski definition) is 2. The number of anilines is 1. The number of carboxylic acids is 1. The fourth-order valence-corrected chi connectivity index (χ4v) is 5.14. The van der Waals surface area contributed by atoms with E-state index >= 15 is 0 Å². The molecule has 5 rings (SSSR count). The van der Waals surface area contributed by atoms with Gasteiger partial charge in [0.05, 0.1) is 11.6 Å². The number of hydrogen-bond donors (Lipinski definition) is 2. The second kappa shape index (κ2) is 6.24. The van der Waals surface area contributed by atoms with Gasteiger partial charge in [0.15, 0.2) is 0 Å². The minimum atomic E-state index is -0.880. The number of rotatable bonds is 2. The molecule has 0 spiro atoms. The van der Waals surface area contributed by atoms with E-state index in [0.29, 0.717) is 11.5 Å². The van der Waals surface area contributed by atoms with Gasteiger partial charge in [0.1, 0.15) is 0 Å². The Balaban J connectivity index is 1.69. The standard InChI is InChI=1S/C23H18BrNO2/c24-16-6-3-5-14(10-16)22-19-11-13-4-1-2-7-17(13)21(19)18-12-15(23(26)27)8-9-20(18)25-22/h1-10,12,19,21-22,25H,11H2,(H,26,27)/t19-,21-,22-/m0/s1. The largest absolute Gasteiger partial charge is 0.478 e. The molecule has 0 unspecified atom stereocenters. The number of benzene rings is 3. The van der Waals surface area contributed by atoms with Crippen molar-refractivity contribution in [1.82, 2.24) is 0 Å². The minimum absolute atomic E-state index is 0.183. The van der Waals surface area contributed by atoms with Gasteiger partial charge < -0.3 is 10.4 Å². The van der Waals surface area contributed by atoms with E-state index in [2.05, 4.69) is 63.7 Å². The summed E-state index contributed by atoms with van der Waals surface area (Å²) in [5.41, 5.74) is 6.41. The van der Waals surface area contributed by atoms with Gasteiger partial charge in [-0.25, -0.2) is 4.79 Å². The van der Waals surface area contributed by atoms with Crippen LogP contribution < -0.4 is 5.32 Å². The average Bonchev–Trinajstić information content (AvgIpc) is 3.06. The smallest absolute Gasteiger partial charge is 0.335 e. The van der Waals surface area contributed by atoms with Crippen molar-refractivity contribution in [2.45, 2.75) is 18.4 Å². The Bertz CT molecular complexity index is 1060. The minimum Gasteiger partial charge on any atom is -0.478 e. The van der Waals surface area contributed by atoms with Crippen molar-refractivity contribution in [2.75, 3.05) is 5.32 Å². The van der Waals surface area contributed by atoms with Crippen molar-refractivity contribution in [3.8, 4) is 0 Å². The first-order valence-electron chi connectivity index (χ1n) is 9.09. The Morgan fingerprint density at radius 1 is 1.00 bits per heavy atom. The number of halogens is 1. The van der Waals surface area contributed by atoms with Crippen LogP contribution >= 0.6 is 15.9 Å². The molecule has 3 nitrogen and oxygen atoms in total. The van der Waals surface area contributed by atoms with Gasteiger partial charge in [-0.3, -0.25) is 0 Å². The summed E-state index contributed by atoms with van der Waals surface area (Å²) in [5.74, 6) is -0.316. The van der Waals surface area contributed by atoms with Crippen molar-refractivity contribution < 1.29 is 9.90 Å². The molecule has 0 amide bonds. The Kier molecular flexibility index (Phi) is 3.83. The zero-order valence-corrected chi connectivity index (χ0v) is 16.1. The third-order valence-corrected chi connectivity index (χ3v) is 6.35. The monoisotopic (exact) mass is 419 g/mol. The summed E-state index contributed by atoms with van der Waals surface area (Å²) in [7, 11) is 0. The normalized spacial score (nSPS) is 22.3. The molecule has 4 heteroatoms. The summed E-state index contributed by atoms with van der Waals surface area (Å²) in [5, 5.41) is 13.2. The summed E-state index contributed by atoms with van der Waals surface area (Å²) in [6, 6.07) is 22.7. The van der Waals surface area contributed by atoms with Crippen molar-refractivity contribution in [3.05, 3.63) is 99.0 Å². The molecule has 2 N–H and O–H groups in total. The fraction of sp³-hybridized carbons (Fsp3) is 0.174. The van der Waals surface area contributed by atoms with E-state index in [1.54, 1.807) is 6.07 Å². The van der Waals surface area contributed by atoms with Crippen LogP contribution in [0.2, 0.25) is 0 Å². The number of fused-ring (bicyclic) bond motifs is 5. The van der Waals surface area contributed by atoms with Gasteiger partial charge in [-0.05, 0) is 64.9 Å². The molecule has 0 aromatic heterocycles. The number of carbonyl (C=O) groups is 1. The van der Waals surface area contributed by atoms with Crippen molar-refractivity contribution in [1.29, 1.82) is 0 Å². The first-order valence-corrected chi connectivity index (χ1v) is 9.88. The van der Waals surface area contributed by atoms with Crippen molar-refractivity contribution >= 4 is 27.6 Å². The van der Waals surface area contributed by atoms with Crippen LogP contribution in [-0.4, -0.2) is 11.1 Å². The molecule has 0 fully saturated rings. The van der Waals surface area contributed by atoms with Gasteiger partial charge in [0.2, 0.25) is 0 Å². The lowest BCUT2D eigenvalue weighted by molar-refractivity contribution is 0.0696. The van der Waals surface area contributed by atoms with E-state index in [1.807, 2.05) is 18.2 Å². The lowest BCUT2D eigenvalue weighted by atomic mass is 9.75. The predicted molar refractivity (Wildman–Crippen MR) is 109 cm³/mol. The lowest BCUT2D eigenvalue weighted by Crippen LogP contribution is -2.30. The maximum atomic E-state index is 11.5. The summed E-state index contributed by atoms with van der Waals surface area (Å²) in [6.07, 6.45) is 0.988. The van der Waals surface area contributed by atoms with Crippen molar-refractivity contribution in [2.24, 2.45) is 5.92 Å². The number of nitrogens with one attached hydrogen (secondary N) is 1. The molecule has 3 aromatic rings. The Hall–Kier alpha value is -2.59. The summed E-state index contributed by atoms with van der Waals surface area (Å²) in [6.45, 7) is 0. The molecule has 134 valence electrons. The fourth-order valence-electron chi connectivity index (χ4n) is 4.72. The summed E-state index contributed by atoms with van der Waals surface area (Å²) < 4.78 is 1.07. The SMILES string of the molecule is O=C(O)c1ccc2c(c1)[C@@H]1c3ccccc3C[C@@H]1[C@H](c1cccc(Br)c1)N2. The van der Waals surface area contributed by atoms with Gasteiger partial charge >= 0.3 is 5.97 Å². The highest BCUT2D eigenvalue weighted by Gasteiger charge is 2.43. The van der Waals surface area contributed by atoms with Gasteiger partial charge in [-0.1, -0.05) is 52.3 Å². The zero-order chi connectivity index (χ0) is 18.5.